The molecule has 1 unspecified atom stereocenters. The number of likely N-dealkylation sites (tertiary alicyclic amines) is 1. The van der Waals surface area contributed by atoms with Gasteiger partial charge in [-0.15, -0.1) is 6.58 Å². The molecule has 2 rings (SSSR count). The molecule has 1 saturated heterocycles. The van der Waals surface area contributed by atoms with E-state index in [0.29, 0.717) is 13.2 Å². The second-order valence-electron chi connectivity index (χ2n) is 5.48. The van der Waals surface area contributed by atoms with E-state index in [9.17, 15) is 9.90 Å². The molecule has 1 aliphatic heterocycles. The number of esters is 1. The maximum atomic E-state index is 12.6. The van der Waals surface area contributed by atoms with Crippen molar-refractivity contribution in [1.29, 1.82) is 0 Å². The molecule has 0 bridgehead atoms. The van der Waals surface area contributed by atoms with Gasteiger partial charge in [-0.3, -0.25) is 9.69 Å². The predicted molar refractivity (Wildman–Crippen MR) is 82.3 cm³/mol. The number of phenols is 1. The zero-order valence-corrected chi connectivity index (χ0v) is 12.5. The van der Waals surface area contributed by atoms with Gasteiger partial charge >= 0.3 is 5.97 Å². The van der Waals surface area contributed by atoms with Crippen molar-refractivity contribution in [2.45, 2.75) is 25.2 Å². The van der Waals surface area contributed by atoms with Crippen LogP contribution in [0.15, 0.2) is 36.9 Å². The minimum atomic E-state index is -0.648. The second-order valence-corrected chi connectivity index (χ2v) is 5.48. The lowest BCUT2D eigenvalue weighted by Crippen LogP contribution is -2.51. The number of ether oxygens (including phenoxy) is 1. The maximum absolute atomic E-state index is 12.6. The van der Waals surface area contributed by atoms with E-state index in [0.717, 1.165) is 31.5 Å². The third kappa shape index (κ3) is 3.27. The molecule has 0 aromatic heterocycles. The highest BCUT2D eigenvalue weighted by Crippen LogP contribution is 2.36. The normalized spacial score (nSPS) is 22.7. The lowest BCUT2D eigenvalue weighted by molar-refractivity contribution is -0.152. The van der Waals surface area contributed by atoms with Crippen LogP contribution in [0, 0.1) is 0 Å². The fourth-order valence-corrected chi connectivity index (χ4v) is 3.05. The van der Waals surface area contributed by atoms with Crippen LogP contribution in [0.1, 0.15) is 25.3 Å². The van der Waals surface area contributed by atoms with Gasteiger partial charge in [0.05, 0.1) is 6.61 Å². The molecule has 1 heterocycles. The van der Waals surface area contributed by atoms with Crippen molar-refractivity contribution in [3.8, 4) is 5.75 Å². The molecule has 1 fully saturated rings. The van der Waals surface area contributed by atoms with Crippen LogP contribution in [0.4, 0.5) is 0 Å². The molecule has 0 saturated carbocycles. The third-order valence-corrected chi connectivity index (χ3v) is 4.04. The molecule has 1 aromatic rings. The topological polar surface area (TPSA) is 49.8 Å². The van der Waals surface area contributed by atoms with Gasteiger partial charge in [-0.1, -0.05) is 18.2 Å². The summed E-state index contributed by atoms with van der Waals surface area (Å²) in [7, 11) is 0. The first kappa shape index (κ1) is 15.6. The monoisotopic (exact) mass is 289 g/mol. The highest BCUT2D eigenvalue weighted by molar-refractivity contribution is 5.84. The minimum absolute atomic E-state index is 0.176. The Bertz CT molecular complexity index is 497. The highest BCUT2D eigenvalue weighted by atomic mass is 16.5. The summed E-state index contributed by atoms with van der Waals surface area (Å²) in [5.41, 5.74) is 0.262. The lowest BCUT2D eigenvalue weighted by Gasteiger charge is -2.41. The molecule has 1 N–H and O–H groups in total. The summed E-state index contributed by atoms with van der Waals surface area (Å²) >= 11 is 0. The maximum Gasteiger partial charge on any atom is 0.317 e. The quantitative estimate of drug-likeness (QED) is 0.668. The van der Waals surface area contributed by atoms with E-state index in [4.69, 9.17) is 4.74 Å². The summed E-state index contributed by atoms with van der Waals surface area (Å²) in [6.07, 6.45) is 3.57. The number of phenolic OH excluding ortho intramolecular Hbond substituents is 1. The molecule has 21 heavy (non-hydrogen) atoms. The summed E-state index contributed by atoms with van der Waals surface area (Å²) in [6.45, 7) is 8.33. The Hall–Kier alpha value is -1.81. The zero-order chi connectivity index (χ0) is 15.3. The van der Waals surface area contributed by atoms with Gasteiger partial charge in [0, 0.05) is 13.1 Å². The molecule has 0 radical (unpaired) electrons. The number of hydrogen-bond acceptors (Lipinski definition) is 4. The van der Waals surface area contributed by atoms with Gasteiger partial charge in [-0.25, -0.2) is 0 Å². The molecule has 4 heteroatoms. The van der Waals surface area contributed by atoms with Crippen LogP contribution >= 0.6 is 0 Å². The van der Waals surface area contributed by atoms with Gasteiger partial charge in [-0.2, -0.15) is 0 Å². The fourth-order valence-electron chi connectivity index (χ4n) is 3.05. The van der Waals surface area contributed by atoms with E-state index in [-0.39, 0.29) is 11.7 Å². The van der Waals surface area contributed by atoms with Crippen molar-refractivity contribution in [3.05, 3.63) is 42.5 Å². The Kier molecular flexibility index (Phi) is 5.02. The number of nitrogens with zero attached hydrogens (tertiary/aromatic N) is 1. The largest absolute Gasteiger partial charge is 0.508 e. The second kappa shape index (κ2) is 6.76. The van der Waals surface area contributed by atoms with Gasteiger partial charge in [0.1, 0.15) is 11.2 Å². The smallest absolute Gasteiger partial charge is 0.317 e. The molecule has 0 amide bonds. The van der Waals surface area contributed by atoms with E-state index < -0.39 is 5.41 Å². The van der Waals surface area contributed by atoms with Crippen LogP contribution in [0.3, 0.4) is 0 Å². The SMILES string of the molecule is C=CCN1CCCC(C(=O)OCC)(c2ccc(O)cc2)C1. The number of benzene rings is 1. The summed E-state index contributed by atoms with van der Waals surface area (Å²) in [5.74, 6) is 0.0287. The number of piperidine rings is 1. The molecule has 1 atom stereocenters. The van der Waals surface area contributed by atoms with Crippen LogP contribution in [0.5, 0.6) is 5.75 Å². The molecule has 1 aliphatic rings. The van der Waals surface area contributed by atoms with E-state index in [2.05, 4.69) is 11.5 Å². The van der Waals surface area contributed by atoms with E-state index in [1.54, 1.807) is 12.1 Å². The Morgan fingerprint density at radius 3 is 2.81 bits per heavy atom. The van der Waals surface area contributed by atoms with Crippen molar-refractivity contribution in [2.24, 2.45) is 0 Å². The van der Waals surface area contributed by atoms with Gasteiger partial charge in [0.25, 0.3) is 0 Å². The Balaban J connectivity index is 2.36. The Labute approximate surface area is 126 Å². The number of carbonyl (C=O) groups is 1. The van der Waals surface area contributed by atoms with E-state index in [1.807, 2.05) is 25.1 Å². The van der Waals surface area contributed by atoms with Crippen molar-refractivity contribution in [1.82, 2.24) is 4.90 Å². The average Bonchev–Trinajstić information content (AvgIpc) is 2.48. The zero-order valence-electron chi connectivity index (χ0n) is 12.5. The van der Waals surface area contributed by atoms with Crippen LogP contribution in [0.2, 0.25) is 0 Å². The average molecular weight is 289 g/mol. The number of carbonyl (C=O) groups excluding carboxylic acids is 1. The first-order valence-corrected chi connectivity index (χ1v) is 7.42. The standard InChI is InChI=1S/C17H23NO3/c1-3-11-18-12-5-10-17(13-18,16(20)21-4-2)14-6-8-15(19)9-7-14/h3,6-9,19H,1,4-5,10-13H2,2H3. The van der Waals surface area contributed by atoms with Crippen molar-refractivity contribution in [3.63, 3.8) is 0 Å². The first-order chi connectivity index (χ1) is 10.1. The molecule has 1 aromatic carbocycles. The molecule has 114 valence electrons. The summed E-state index contributed by atoms with van der Waals surface area (Å²) in [6, 6.07) is 6.90. The molecule has 4 nitrogen and oxygen atoms in total. The van der Waals surface area contributed by atoms with Crippen LogP contribution in [0.25, 0.3) is 0 Å². The number of rotatable bonds is 5. The van der Waals surface area contributed by atoms with E-state index in [1.165, 1.54) is 0 Å². The van der Waals surface area contributed by atoms with Crippen LogP contribution < -0.4 is 0 Å². The molecule has 0 aliphatic carbocycles. The van der Waals surface area contributed by atoms with Crippen molar-refractivity contribution < 1.29 is 14.6 Å². The van der Waals surface area contributed by atoms with Gasteiger partial charge in [0.15, 0.2) is 0 Å². The van der Waals surface area contributed by atoms with E-state index >= 15 is 0 Å². The molecular weight excluding hydrogens is 266 g/mol. The van der Waals surface area contributed by atoms with Gasteiger partial charge in [0.2, 0.25) is 0 Å². The Morgan fingerprint density at radius 2 is 2.19 bits per heavy atom. The summed E-state index contributed by atoms with van der Waals surface area (Å²) < 4.78 is 5.34. The summed E-state index contributed by atoms with van der Waals surface area (Å²) in [5, 5.41) is 9.48. The van der Waals surface area contributed by atoms with Crippen molar-refractivity contribution in [2.75, 3.05) is 26.2 Å². The van der Waals surface area contributed by atoms with Crippen molar-refractivity contribution >= 4 is 5.97 Å². The number of hydrogen-bond donors (Lipinski definition) is 1. The van der Waals surface area contributed by atoms with Crippen LogP contribution in [-0.4, -0.2) is 42.2 Å². The minimum Gasteiger partial charge on any atom is -0.508 e. The Morgan fingerprint density at radius 1 is 1.48 bits per heavy atom. The lowest BCUT2D eigenvalue weighted by atomic mass is 9.74. The van der Waals surface area contributed by atoms with Crippen LogP contribution in [-0.2, 0) is 14.9 Å². The fraction of sp³-hybridized carbons (Fsp3) is 0.471. The van der Waals surface area contributed by atoms with Gasteiger partial charge in [-0.05, 0) is 44.0 Å². The predicted octanol–water partition coefficient (Wildman–Crippen LogP) is 2.47. The molecular formula is C17H23NO3. The number of aromatic hydroxyl groups is 1. The third-order valence-electron chi connectivity index (χ3n) is 4.04. The highest BCUT2D eigenvalue weighted by Gasteiger charge is 2.44. The first-order valence-electron chi connectivity index (χ1n) is 7.42. The molecule has 0 spiro atoms. The van der Waals surface area contributed by atoms with Gasteiger partial charge < -0.3 is 9.84 Å². The summed E-state index contributed by atoms with van der Waals surface area (Å²) in [4.78, 5) is 14.8.